The Kier molecular flexibility index (Phi) is 5.51. The van der Waals surface area contributed by atoms with Crippen LogP contribution in [-0.4, -0.2) is 29.5 Å². The fourth-order valence-electron chi connectivity index (χ4n) is 3.10. The molecule has 1 aliphatic heterocycles. The summed E-state index contributed by atoms with van der Waals surface area (Å²) in [6.07, 6.45) is 5.21. The number of piperidine rings is 1. The molecule has 1 aromatic heterocycles. The molecule has 22 heavy (non-hydrogen) atoms. The van der Waals surface area contributed by atoms with E-state index in [9.17, 15) is 0 Å². The summed E-state index contributed by atoms with van der Waals surface area (Å²) >= 11 is 7.72. The quantitative estimate of drug-likeness (QED) is 0.753. The molecule has 0 bridgehead atoms. The first-order valence-electron chi connectivity index (χ1n) is 8.13. The zero-order chi connectivity index (χ0) is 15.4. The van der Waals surface area contributed by atoms with Crippen LogP contribution in [0, 0.1) is 5.92 Å². The van der Waals surface area contributed by atoms with Crippen molar-refractivity contribution in [2.24, 2.45) is 5.92 Å². The van der Waals surface area contributed by atoms with E-state index in [1.165, 1.54) is 43.9 Å². The Bertz CT molecular complexity index is 587. The van der Waals surface area contributed by atoms with Crippen LogP contribution in [0.3, 0.4) is 0 Å². The number of rotatable bonds is 5. The van der Waals surface area contributed by atoms with E-state index in [1.54, 1.807) is 11.3 Å². The van der Waals surface area contributed by atoms with Crippen molar-refractivity contribution >= 4 is 22.9 Å². The minimum absolute atomic E-state index is 0.669. The molecule has 0 saturated carbocycles. The molecule has 118 valence electrons. The molecule has 1 unspecified atom stereocenters. The summed E-state index contributed by atoms with van der Waals surface area (Å²) in [6, 6.07) is 7.93. The van der Waals surface area contributed by atoms with Gasteiger partial charge in [0.05, 0.1) is 10.7 Å². The average molecular weight is 335 g/mol. The lowest BCUT2D eigenvalue weighted by Crippen LogP contribution is -2.34. The molecule has 2 heterocycles. The molecule has 2 nitrogen and oxygen atoms in total. The minimum atomic E-state index is 0.669. The highest BCUT2D eigenvalue weighted by atomic mass is 35.5. The van der Waals surface area contributed by atoms with Crippen molar-refractivity contribution in [3.8, 4) is 11.3 Å². The highest BCUT2D eigenvalue weighted by molar-refractivity contribution is 7.09. The summed E-state index contributed by atoms with van der Waals surface area (Å²) in [4.78, 5) is 7.41. The van der Waals surface area contributed by atoms with Crippen LogP contribution in [0.5, 0.6) is 0 Å². The van der Waals surface area contributed by atoms with Crippen LogP contribution in [-0.2, 0) is 6.42 Å². The van der Waals surface area contributed by atoms with Gasteiger partial charge in [0.15, 0.2) is 0 Å². The molecule has 1 atom stereocenters. The van der Waals surface area contributed by atoms with Gasteiger partial charge in [-0.25, -0.2) is 4.98 Å². The van der Waals surface area contributed by atoms with Crippen LogP contribution in [0.1, 0.15) is 31.2 Å². The predicted molar refractivity (Wildman–Crippen MR) is 95.7 cm³/mol. The lowest BCUT2D eigenvalue weighted by atomic mass is 10.1. The van der Waals surface area contributed by atoms with E-state index >= 15 is 0 Å². The number of nitrogens with zero attached hydrogens (tertiary/aromatic N) is 2. The Labute approximate surface area is 142 Å². The predicted octanol–water partition coefficient (Wildman–Crippen LogP) is 5.13. The van der Waals surface area contributed by atoms with Gasteiger partial charge in [-0.2, -0.15) is 0 Å². The Hall–Kier alpha value is -0.900. The summed E-state index contributed by atoms with van der Waals surface area (Å²) < 4.78 is 0. The summed E-state index contributed by atoms with van der Waals surface area (Å²) in [7, 11) is 0. The zero-order valence-electron chi connectivity index (χ0n) is 13.1. The molecule has 0 aliphatic carbocycles. The molecule has 1 aromatic carbocycles. The molecule has 2 aromatic rings. The van der Waals surface area contributed by atoms with Crippen molar-refractivity contribution in [2.45, 2.75) is 32.6 Å². The molecule has 3 rings (SSSR count). The topological polar surface area (TPSA) is 16.1 Å². The molecule has 4 heteroatoms. The van der Waals surface area contributed by atoms with Gasteiger partial charge < -0.3 is 4.90 Å². The molecule has 0 N–H and O–H groups in total. The smallest absolute Gasteiger partial charge is 0.0935 e. The van der Waals surface area contributed by atoms with E-state index in [2.05, 4.69) is 17.2 Å². The van der Waals surface area contributed by atoms with Gasteiger partial charge in [0.25, 0.3) is 0 Å². The van der Waals surface area contributed by atoms with Gasteiger partial charge in [-0.1, -0.05) is 37.1 Å². The van der Waals surface area contributed by atoms with Crippen LogP contribution in [0.2, 0.25) is 5.02 Å². The Morgan fingerprint density at radius 3 is 2.64 bits per heavy atom. The summed E-state index contributed by atoms with van der Waals surface area (Å²) in [5, 5.41) is 4.18. The molecule has 0 radical (unpaired) electrons. The van der Waals surface area contributed by atoms with Crippen molar-refractivity contribution in [3.05, 3.63) is 39.7 Å². The molecular formula is C18H23ClN2S. The summed E-state index contributed by atoms with van der Waals surface area (Å²) in [5.74, 6) is 0.669. The third kappa shape index (κ3) is 4.31. The van der Waals surface area contributed by atoms with Crippen molar-refractivity contribution in [2.75, 3.05) is 19.6 Å². The van der Waals surface area contributed by atoms with Gasteiger partial charge >= 0.3 is 0 Å². The summed E-state index contributed by atoms with van der Waals surface area (Å²) in [5.41, 5.74) is 2.22. The van der Waals surface area contributed by atoms with Crippen LogP contribution in [0.15, 0.2) is 29.6 Å². The van der Waals surface area contributed by atoms with Crippen LogP contribution >= 0.6 is 22.9 Å². The highest BCUT2D eigenvalue weighted by Crippen LogP contribution is 2.25. The van der Waals surface area contributed by atoms with Gasteiger partial charge in [-0.15, -0.1) is 11.3 Å². The fourth-order valence-corrected chi connectivity index (χ4v) is 4.20. The maximum Gasteiger partial charge on any atom is 0.0935 e. The number of benzene rings is 1. The highest BCUT2D eigenvalue weighted by Gasteiger charge is 2.15. The van der Waals surface area contributed by atoms with Gasteiger partial charge in [-0.05, 0) is 44.0 Å². The van der Waals surface area contributed by atoms with Crippen LogP contribution in [0.25, 0.3) is 11.3 Å². The molecule has 0 amide bonds. The standard InChI is InChI=1S/C18H23ClN2S/c1-14(12-21-9-3-2-4-10-21)11-18-20-17(13-22-18)15-5-7-16(19)8-6-15/h5-8,13-14H,2-4,9-12H2,1H3. The Morgan fingerprint density at radius 1 is 1.18 bits per heavy atom. The van der Waals surface area contributed by atoms with Crippen molar-refractivity contribution in [1.29, 1.82) is 0 Å². The van der Waals surface area contributed by atoms with E-state index in [1.807, 2.05) is 24.3 Å². The van der Waals surface area contributed by atoms with E-state index in [0.717, 1.165) is 22.7 Å². The van der Waals surface area contributed by atoms with Gasteiger partial charge in [0.2, 0.25) is 0 Å². The average Bonchev–Trinajstić information content (AvgIpc) is 2.97. The molecule has 1 saturated heterocycles. The van der Waals surface area contributed by atoms with Crippen LogP contribution in [0.4, 0.5) is 0 Å². The minimum Gasteiger partial charge on any atom is -0.303 e. The molecule has 1 fully saturated rings. The first-order chi connectivity index (χ1) is 10.7. The Balaban J connectivity index is 1.57. The van der Waals surface area contributed by atoms with E-state index in [0.29, 0.717) is 5.92 Å². The van der Waals surface area contributed by atoms with Gasteiger partial charge in [-0.3, -0.25) is 0 Å². The Morgan fingerprint density at radius 2 is 1.91 bits per heavy atom. The lowest BCUT2D eigenvalue weighted by Gasteiger charge is -2.28. The normalized spacial score (nSPS) is 17.5. The maximum absolute atomic E-state index is 5.94. The third-order valence-corrected chi connectivity index (χ3v) is 5.36. The maximum atomic E-state index is 5.94. The number of halogens is 1. The van der Waals surface area contributed by atoms with Gasteiger partial charge in [0.1, 0.15) is 0 Å². The van der Waals surface area contributed by atoms with Gasteiger partial charge in [0, 0.05) is 28.9 Å². The SMILES string of the molecule is CC(Cc1nc(-c2ccc(Cl)cc2)cs1)CN1CCCCC1. The van der Waals surface area contributed by atoms with E-state index < -0.39 is 0 Å². The number of aromatic nitrogens is 1. The number of thiazole rings is 1. The number of hydrogen-bond acceptors (Lipinski definition) is 3. The fraction of sp³-hybridized carbons (Fsp3) is 0.500. The third-order valence-electron chi connectivity index (χ3n) is 4.23. The second-order valence-corrected chi connectivity index (χ2v) is 7.68. The van der Waals surface area contributed by atoms with Crippen LogP contribution < -0.4 is 0 Å². The first kappa shape index (κ1) is 16.0. The second-order valence-electron chi connectivity index (χ2n) is 6.30. The zero-order valence-corrected chi connectivity index (χ0v) is 14.7. The van der Waals surface area contributed by atoms with E-state index in [4.69, 9.17) is 16.6 Å². The lowest BCUT2D eigenvalue weighted by molar-refractivity contribution is 0.200. The first-order valence-corrected chi connectivity index (χ1v) is 9.39. The number of hydrogen-bond donors (Lipinski definition) is 0. The van der Waals surface area contributed by atoms with Crippen molar-refractivity contribution < 1.29 is 0 Å². The molecular weight excluding hydrogens is 312 g/mol. The summed E-state index contributed by atoms with van der Waals surface area (Å²) in [6.45, 7) is 6.10. The monoisotopic (exact) mass is 334 g/mol. The van der Waals surface area contributed by atoms with E-state index in [-0.39, 0.29) is 0 Å². The number of likely N-dealkylation sites (tertiary alicyclic amines) is 1. The molecule has 1 aliphatic rings. The second kappa shape index (κ2) is 7.58. The van der Waals surface area contributed by atoms with Crippen molar-refractivity contribution in [3.63, 3.8) is 0 Å². The molecule has 0 spiro atoms. The largest absolute Gasteiger partial charge is 0.303 e. The van der Waals surface area contributed by atoms with Crippen molar-refractivity contribution in [1.82, 2.24) is 9.88 Å².